The summed E-state index contributed by atoms with van der Waals surface area (Å²) in [5.41, 5.74) is 0.934. The van der Waals surface area contributed by atoms with Gasteiger partial charge in [0.25, 0.3) is 0 Å². The normalized spacial score (nSPS) is 20.2. The van der Waals surface area contributed by atoms with Gasteiger partial charge in [-0.3, -0.25) is 4.79 Å². The molecule has 0 unspecified atom stereocenters. The van der Waals surface area contributed by atoms with Crippen molar-refractivity contribution in [2.75, 3.05) is 31.1 Å². The molecule has 0 N–H and O–H groups in total. The van der Waals surface area contributed by atoms with Crippen LogP contribution in [0.2, 0.25) is 0 Å². The van der Waals surface area contributed by atoms with Crippen LogP contribution in [0.1, 0.15) is 24.8 Å². The Balaban J connectivity index is 1.47. The number of carbonyl (C=O) groups excluding carboxylic acids is 1. The molecule has 1 aromatic carbocycles. The van der Waals surface area contributed by atoms with Crippen LogP contribution >= 0.6 is 11.3 Å². The molecule has 5 heteroatoms. The molecule has 4 nitrogen and oxygen atoms in total. The molecule has 0 atom stereocenters. The highest BCUT2D eigenvalue weighted by atomic mass is 32.1. The molecule has 0 spiro atoms. The molecule has 2 aliphatic rings. The molecular formula is C18H21N3OS. The Kier molecular flexibility index (Phi) is 3.81. The van der Waals surface area contributed by atoms with Crippen molar-refractivity contribution in [1.29, 1.82) is 0 Å². The van der Waals surface area contributed by atoms with Gasteiger partial charge >= 0.3 is 0 Å². The lowest BCUT2D eigenvalue weighted by atomic mass is 9.63. The largest absolute Gasteiger partial charge is 0.345 e. The predicted molar refractivity (Wildman–Crippen MR) is 92.9 cm³/mol. The Morgan fingerprint density at radius 1 is 1.09 bits per heavy atom. The number of anilines is 1. The van der Waals surface area contributed by atoms with E-state index in [1.165, 1.54) is 5.56 Å². The van der Waals surface area contributed by atoms with E-state index in [2.05, 4.69) is 26.9 Å². The highest BCUT2D eigenvalue weighted by Crippen LogP contribution is 2.45. The van der Waals surface area contributed by atoms with E-state index in [-0.39, 0.29) is 5.41 Å². The average molecular weight is 327 g/mol. The maximum Gasteiger partial charge on any atom is 0.233 e. The van der Waals surface area contributed by atoms with Crippen molar-refractivity contribution in [3.63, 3.8) is 0 Å². The van der Waals surface area contributed by atoms with Crippen LogP contribution in [0.3, 0.4) is 0 Å². The Labute approximate surface area is 140 Å². The minimum absolute atomic E-state index is 0.259. The number of hydrogen-bond acceptors (Lipinski definition) is 4. The Morgan fingerprint density at radius 2 is 1.83 bits per heavy atom. The number of aromatic nitrogens is 1. The van der Waals surface area contributed by atoms with Gasteiger partial charge in [0.1, 0.15) is 0 Å². The van der Waals surface area contributed by atoms with E-state index in [0.717, 1.165) is 50.6 Å². The fourth-order valence-corrected chi connectivity index (χ4v) is 4.39. The van der Waals surface area contributed by atoms with Crippen molar-refractivity contribution in [1.82, 2.24) is 9.88 Å². The summed E-state index contributed by atoms with van der Waals surface area (Å²) in [5, 5.41) is 3.07. The maximum absolute atomic E-state index is 13.2. The van der Waals surface area contributed by atoms with E-state index >= 15 is 0 Å². The smallest absolute Gasteiger partial charge is 0.233 e. The van der Waals surface area contributed by atoms with E-state index in [9.17, 15) is 4.79 Å². The molecule has 1 aliphatic carbocycles. The Hall–Kier alpha value is -1.88. The highest BCUT2D eigenvalue weighted by molar-refractivity contribution is 7.13. The van der Waals surface area contributed by atoms with Crippen molar-refractivity contribution in [3.05, 3.63) is 47.5 Å². The summed E-state index contributed by atoms with van der Waals surface area (Å²) < 4.78 is 0. The zero-order valence-electron chi connectivity index (χ0n) is 13.1. The van der Waals surface area contributed by atoms with Gasteiger partial charge in [-0.15, -0.1) is 11.3 Å². The quantitative estimate of drug-likeness (QED) is 0.870. The first-order valence-electron chi connectivity index (χ1n) is 8.29. The summed E-state index contributed by atoms with van der Waals surface area (Å²) in [6.07, 6.45) is 4.97. The van der Waals surface area contributed by atoms with Crippen LogP contribution in [0.5, 0.6) is 0 Å². The summed E-state index contributed by atoms with van der Waals surface area (Å²) in [4.78, 5) is 21.9. The fraction of sp³-hybridized carbons (Fsp3) is 0.444. The molecule has 1 amide bonds. The second kappa shape index (κ2) is 5.96. The maximum atomic E-state index is 13.2. The third kappa shape index (κ3) is 2.53. The van der Waals surface area contributed by atoms with Crippen molar-refractivity contribution in [2.24, 2.45) is 0 Å². The lowest BCUT2D eigenvalue weighted by Crippen LogP contribution is -2.56. The van der Waals surface area contributed by atoms with Gasteiger partial charge in [-0.25, -0.2) is 4.98 Å². The topological polar surface area (TPSA) is 36.4 Å². The molecule has 1 aliphatic heterocycles. The average Bonchev–Trinajstić information content (AvgIpc) is 3.09. The van der Waals surface area contributed by atoms with Crippen molar-refractivity contribution in [3.8, 4) is 0 Å². The summed E-state index contributed by atoms with van der Waals surface area (Å²) in [5.74, 6) is 0.328. The number of piperazine rings is 1. The van der Waals surface area contributed by atoms with Gasteiger partial charge in [0.05, 0.1) is 5.41 Å². The van der Waals surface area contributed by atoms with Crippen LogP contribution < -0.4 is 4.90 Å². The number of hydrogen-bond donors (Lipinski definition) is 0. The van der Waals surface area contributed by atoms with Gasteiger partial charge in [0.15, 0.2) is 5.13 Å². The lowest BCUT2D eigenvalue weighted by Gasteiger charge is -2.46. The van der Waals surface area contributed by atoms with Crippen LogP contribution in [0, 0.1) is 0 Å². The zero-order chi connectivity index (χ0) is 15.7. The van der Waals surface area contributed by atoms with Crippen LogP contribution in [0.25, 0.3) is 0 Å². The molecule has 120 valence electrons. The van der Waals surface area contributed by atoms with Crippen LogP contribution in [0.4, 0.5) is 5.13 Å². The minimum Gasteiger partial charge on any atom is -0.345 e. The van der Waals surface area contributed by atoms with Crippen LogP contribution in [-0.4, -0.2) is 42.0 Å². The van der Waals surface area contributed by atoms with Crippen molar-refractivity contribution < 1.29 is 4.79 Å². The van der Waals surface area contributed by atoms with Crippen LogP contribution in [-0.2, 0) is 10.2 Å². The third-order valence-corrected chi connectivity index (χ3v) is 6.03. The van der Waals surface area contributed by atoms with Gasteiger partial charge in [-0.05, 0) is 18.4 Å². The molecular weight excluding hydrogens is 306 g/mol. The summed E-state index contributed by atoms with van der Waals surface area (Å²) >= 11 is 1.67. The zero-order valence-corrected chi connectivity index (χ0v) is 14.0. The molecule has 0 radical (unpaired) electrons. The molecule has 1 saturated heterocycles. The van der Waals surface area contributed by atoms with Gasteiger partial charge in [-0.2, -0.15) is 0 Å². The molecule has 2 aromatic rings. The van der Waals surface area contributed by atoms with Gasteiger partial charge in [0.2, 0.25) is 5.91 Å². The van der Waals surface area contributed by atoms with E-state index in [0.29, 0.717) is 5.91 Å². The summed E-state index contributed by atoms with van der Waals surface area (Å²) in [7, 11) is 0. The van der Waals surface area contributed by atoms with Crippen molar-refractivity contribution >= 4 is 22.4 Å². The molecule has 0 bridgehead atoms. The van der Waals surface area contributed by atoms with Crippen LogP contribution in [0.15, 0.2) is 41.9 Å². The summed E-state index contributed by atoms with van der Waals surface area (Å²) in [6, 6.07) is 10.3. The number of benzene rings is 1. The fourth-order valence-electron chi connectivity index (χ4n) is 3.69. The number of amides is 1. The van der Waals surface area contributed by atoms with E-state index in [4.69, 9.17) is 0 Å². The Bertz CT molecular complexity index is 659. The SMILES string of the molecule is O=C(N1CCN(c2nccs2)CC1)C1(c2ccccc2)CCC1. The molecule has 1 saturated carbocycles. The standard InChI is InChI=1S/C18H21N3OS/c22-16(18(7-4-8-18)15-5-2-1-3-6-15)20-10-12-21(13-11-20)17-19-9-14-23-17/h1-3,5-6,9,14H,4,7-8,10-13H2. The number of thiazole rings is 1. The van der Waals surface area contributed by atoms with Gasteiger partial charge in [-0.1, -0.05) is 36.8 Å². The number of carbonyl (C=O) groups is 1. The van der Waals surface area contributed by atoms with Gasteiger partial charge < -0.3 is 9.80 Å². The third-order valence-electron chi connectivity index (χ3n) is 5.20. The van der Waals surface area contributed by atoms with E-state index in [1.807, 2.05) is 29.8 Å². The van der Waals surface area contributed by atoms with Crippen molar-refractivity contribution in [2.45, 2.75) is 24.7 Å². The second-order valence-corrected chi connectivity index (χ2v) is 7.27. The molecule has 4 rings (SSSR count). The first kappa shape index (κ1) is 14.7. The first-order chi connectivity index (χ1) is 11.3. The van der Waals surface area contributed by atoms with Gasteiger partial charge in [0, 0.05) is 37.8 Å². The molecule has 23 heavy (non-hydrogen) atoms. The Morgan fingerprint density at radius 3 is 2.39 bits per heavy atom. The summed E-state index contributed by atoms with van der Waals surface area (Å²) in [6.45, 7) is 3.36. The lowest BCUT2D eigenvalue weighted by molar-refractivity contribution is -0.141. The number of nitrogens with zero attached hydrogens (tertiary/aromatic N) is 3. The molecule has 2 heterocycles. The molecule has 1 aromatic heterocycles. The predicted octanol–water partition coefficient (Wildman–Crippen LogP) is 2.91. The van der Waals surface area contributed by atoms with E-state index < -0.39 is 0 Å². The second-order valence-electron chi connectivity index (χ2n) is 6.40. The van der Waals surface area contributed by atoms with E-state index in [1.54, 1.807) is 11.3 Å². The monoisotopic (exact) mass is 327 g/mol. The first-order valence-corrected chi connectivity index (χ1v) is 9.17. The minimum atomic E-state index is -0.259. The molecule has 2 fully saturated rings. The highest BCUT2D eigenvalue weighted by Gasteiger charge is 2.47. The number of rotatable bonds is 3.